The lowest BCUT2D eigenvalue weighted by Gasteiger charge is -2.15. The van der Waals surface area contributed by atoms with Crippen molar-refractivity contribution in [3.63, 3.8) is 0 Å². The summed E-state index contributed by atoms with van der Waals surface area (Å²) in [7, 11) is 1.73. The van der Waals surface area contributed by atoms with E-state index in [4.69, 9.17) is 9.84 Å². The van der Waals surface area contributed by atoms with Gasteiger partial charge in [-0.25, -0.2) is 4.79 Å². The number of ether oxygens (including phenoxy) is 1. The Bertz CT molecular complexity index is 718. The summed E-state index contributed by atoms with van der Waals surface area (Å²) >= 11 is 0. The summed E-state index contributed by atoms with van der Waals surface area (Å²) in [6.45, 7) is 3.95. The van der Waals surface area contributed by atoms with Crippen LogP contribution in [0.5, 0.6) is 0 Å². The molecule has 1 unspecified atom stereocenters. The van der Waals surface area contributed by atoms with Crippen molar-refractivity contribution in [2.75, 3.05) is 33.4 Å². The fraction of sp³-hybridized carbons (Fsp3) is 0.421. The van der Waals surface area contributed by atoms with Crippen LogP contribution in [0.4, 0.5) is 0 Å². The molecule has 0 saturated carbocycles. The Morgan fingerprint density at radius 3 is 2.96 bits per heavy atom. The minimum absolute atomic E-state index is 0.255. The number of carboxylic acids is 1. The normalized spacial score (nSPS) is 17.7. The largest absolute Gasteiger partial charge is 0.478 e. The summed E-state index contributed by atoms with van der Waals surface area (Å²) in [5, 5.41) is 9.09. The molecule has 1 fully saturated rings. The fourth-order valence-electron chi connectivity index (χ4n) is 3.22. The molecule has 1 aliphatic rings. The maximum absolute atomic E-state index is 11.1. The molecule has 2 heterocycles. The van der Waals surface area contributed by atoms with E-state index in [9.17, 15) is 4.79 Å². The van der Waals surface area contributed by atoms with E-state index in [0.717, 1.165) is 43.9 Å². The van der Waals surface area contributed by atoms with Gasteiger partial charge in [-0.15, -0.1) is 0 Å². The van der Waals surface area contributed by atoms with Crippen LogP contribution >= 0.6 is 0 Å². The van der Waals surface area contributed by atoms with Crippen LogP contribution in [0.1, 0.15) is 22.5 Å². The van der Waals surface area contributed by atoms with E-state index in [0.29, 0.717) is 11.6 Å². The summed E-state index contributed by atoms with van der Waals surface area (Å²) in [6, 6.07) is 6.77. The monoisotopic (exact) mass is 341 g/mol. The van der Waals surface area contributed by atoms with Gasteiger partial charge in [-0.1, -0.05) is 12.1 Å². The summed E-state index contributed by atoms with van der Waals surface area (Å²) in [6.07, 6.45) is 5.63. The van der Waals surface area contributed by atoms with Crippen molar-refractivity contribution in [1.29, 1.82) is 0 Å². The molecule has 1 aromatic carbocycles. The molecule has 1 aliphatic heterocycles. The Morgan fingerprint density at radius 1 is 1.36 bits per heavy atom. The number of rotatable bonds is 7. The van der Waals surface area contributed by atoms with E-state index in [1.54, 1.807) is 37.7 Å². The number of nitrogens with zero attached hydrogens (tertiary/aromatic N) is 3. The summed E-state index contributed by atoms with van der Waals surface area (Å²) in [5.41, 5.74) is 2.70. The Balaban J connectivity index is 1.61. The Hall–Kier alpha value is -2.31. The summed E-state index contributed by atoms with van der Waals surface area (Å²) in [5.74, 6) is -0.335. The number of hydrogen-bond donors (Lipinski definition) is 1. The molecule has 1 N–H and O–H groups in total. The van der Waals surface area contributed by atoms with Crippen LogP contribution in [0.25, 0.3) is 11.3 Å². The van der Waals surface area contributed by atoms with Crippen LogP contribution in [-0.2, 0) is 11.2 Å². The second-order valence-corrected chi connectivity index (χ2v) is 6.43. The van der Waals surface area contributed by atoms with Crippen molar-refractivity contribution >= 4 is 5.97 Å². The molecular weight excluding hydrogens is 318 g/mol. The highest BCUT2D eigenvalue weighted by Crippen LogP contribution is 2.21. The van der Waals surface area contributed by atoms with E-state index >= 15 is 0 Å². The molecule has 0 spiro atoms. The van der Waals surface area contributed by atoms with Gasteiger partial charge in [0.15, 0.2) is 0 Å². The van der Waals surface area contributed by atoms with Gasteiger partial charge in [-0.2, -0.15) is 0 Å². The number of methoxy groups -OCH3 is 1. The molecule has 0 amide bonds. The maximum Gasteiger partial charge on any atom is 0.335 e. The van der Waals surface area contributed by atoms with E-state index in [1.165, 1.54) is 6.42 Å². The number of likely N-dealkylation sites (tertiary alicyclic amines) is 1. The topological polar surface area (TPSA) is 75.5 Å². The molecule has 1 aromatic heterocycles. The number of aromatic nitrogens is 2. The first kappa shape index (κ1) is 17.5. The molecule has 6 heteroatoms. The van der Waals surface area contributed by atoms with Gasteiger partial charge in [0.2, 0.25) is 0 Å². The number of aromatic carboxylic acids is 1. The van der Waals surface area contributed by atoms with Crippen molar-refractivity contribution in [3.8, 4) is 11.3 Å². The minimum Gasteiger partial charge on any atom is -0.478 e. The molecule has 132 valence electrons. The smallest absolute Gasteiger partial charge is 0.335 e. The highest BCUT2D eigenvalue weighted by molar-refractivity contribution is 5.89. The Morgan fingerprint density at radius 2 is 2.24 bits per heavy atom. The molecule has 2 aromatic rings. The first-order chi connectivity index (χ1) is 12.2. The number of carbonyl (C=O) groups is 1. The number of hydrogen-bond acceptors (Lipinski definition) is 5. The van der Waals surface area contributed by atoms with Gasteiger partial charge in [0.1, 0.15) is 0 Å². The maximum atomic E-state index is 11.1. The third-order valence-corrected chi connectivity index (χ3v) is 4.59. The lowest BCUT2D eigenvalue weighted by molar-refractivity contribution is 0.0697. The molecule has 25 heavy (non-hydrogen) atoms. The van der Waals surface area contributed by atoms with Crippen LogP contribution in [0, 0.1) is 5.92 Å². The van der Waals surface area contributed by atoms with Crippen molar-refractivity contribution in [1.82, 2.24) is 14.9 Å². The predicted molar refractivity (Wildman–Crippen MR) is 94.6 cm³/mol. The summed E-state index contributed by atoms with van der Waals surface area (Å²) < 4.78 is 5.13. The molecule has 0 aliphatic carbocycles. The van der Waals surface area contributed by atoms with E-state index < -0.39 is 5.97 Å². The first-order valence-corrected chi connectivity index (χ1v) is 8.51. The lowest BCUT2D eigenvalue weighted by atomic mass is 10.0. The van der Waals surface area contributed by atoms with E-state index in [2.05, 4.69) is 14.9 Å². The quantitative estimate of drug-likeness (QED) is 0.833. The molecule has 6 nitrogen and oxygen atoms in total. The summed E-state index contributed by atoms with van der Waals surface area (Å²) in [4.78, 5) is 22.5. The van der Waals surface area contributed by atoms with Gasteiger partial charge in [0, 0.05) is 32.0 Å². The third-order valence-electron chi connectivity index (χ3n) is 4.59. The lowest BCUT2D eigenvalue weighted by Crippen LogP contribution is -2.25. The van der Waals surface area contributed by atoms with Crippen LogP contribution in [0.3, 0.4) is 0 Å². The SMILES string of the molecule is COCCN1CCC(Cc2cnc(-c3cccc(C(=O)O)c3)cn2)C1. The standard InChI is InChI=1S/C19H23N3O3/c1-25-8-7-22-6-5-14(13-22)9-17-11-21-18(12-20-17)15-3-2-4-16(10-15)19(23)24/h2-4,10-12,14H,5-9,13H2,1H3,(H,23,24). The van der Waals surface area contributed by atoms with Crippen LogP contribution in [0.15, 0.2) is 36.7 Å². The third kappa shape index (κ3) is 4.61. The van der Waals surface area contributed by atoms with Gasteiger partial charge in [-0.3, -0.25) is 9.97 Å². The average molecular weight is 341 g/mol. The zero-order valence-electron chi connectivity index (χ0n) is 14.4. The van der Waals surface area contributed by atoms with Gasteiger partial charge in [0.05, 0.1) is 29.8 Å². The van der Waals surface area contributed by atoms with Crippen molar-refractivity contribution in [2.24, 2.45) is 5.92 Å². The predicted octanol–water partition coefficient (Wildman–Crippen LogP) is 2.35. The highest BCUT2D eigenvalue weighted by atomic mass is 16.5. The molecule has 1 saturated heterocycles. The van der Waals surface area contributed by atoms with E-state index in [1.807, 2.05) is 6.07 Å². The van der Waals surface area contributed by atoms with Gasteiger partial charge in [-0.05, 0) is 37.4 Å². The van der Waals surface area contributed by atoms with Crippen molar-refractivity contribution < 1.29 is 14.6 Å². The van der Waals surface area contributed by atoms with Crippen LogP contribution in [0.2, 0.25) is 0 Å². The highest BCUT2D eigenvalue weighted by Gasteiger charge is 2.22. The molecular formula is C19H23N3O3. The Kier molecular flexibility index (Phi) is 5.73. The molecule has 0 bridgehead atoms. The van der Waals surface area contributed by atoms with Gasteiger partial charge < -0.3 is 14.7 Å². The molecule has 1 atom stereocenters. The number of benzene rings is 1. The van der Waals surface area contributed by atoms with Gasteiger partial charge in [0.25, 0.3) is 0 Å². The van der Waals surface area contributed by atoms with Gasteiger partial charge >= 0.3 is 5.97 Å². The van der Waals surface area contributed by atoms with Crippen molar-refractivity contribution in [3.05, 3.63) is 47.9 Å². The number of carboxylic acid groups (broad SMARTS) is 1. The zero-order chi connectivity index (χ0) is 17.6. The second kappa shape index (κ2) is 8.18. The average Bonchev–Trinajstić information content (AvgIpc) is 3.08. The molecule has 0 radical (unpaired) electrons. The second-order valence-electron chi connectivity index (χ2n) is 6.43. The molecule has 3 rings (SSSR count). The minimum atomic E-state index is -0.939. The van der Waals surface area contributed by atoms with Crippen LogP contribution in [-0.4, -0.2) is 59.3 Å². The zero-order valence-corrected chi connectivity index (χ0v) is 14.4. The fourth-order valence-corrected chi connectivity index (χ4v) is 3.22. The van der Waals surface area contributed by atoms with Crippen molar-refractivity contribution in [2.45, 2.75) is 12.8 Å². The first-order valence-electron chi connectivity index (χ1n) is 8.51. The van der Waals surface area contributed by atoms with Crippen LogP contribution < -0.4 is 0 Å². The van der Waals surface area contributed by atoms with E-state index in [-0.39, 0.29) is 5.56 Å². The Labute approximate surface area is 147 Å².